The normalized spacial score (nSPS) is 14.7. The molecule has 0 bridgehead atoms. The maximum absolute atomic E-state index is 12.7. The van der Waals surface area contributed by atoms with Gasteiger partial charge in [0.05, 0.1) is 6.26 Å². The van der Waals surface area contributed by atoms with E-state index in [1.807, 2.05) is 0 Å². The molecule has 1 aromatic carbocycles. The van der Waals surface area contributed by atoms with Crippen molar-refractivity contribution in [3.05, 3.63) is 54.0 Å². The molecule has 0 unspecified atom stereocenters. The Kier molecular flexibility index (Phi) is 5.36. The van der Waals surface area contributed by atoms with E-state index < -0.39 is 0 Å². The third-order valence-electron chi connectivity index (χ3n) is 4.25. The summed E-state index contributed by atoms with van der Waals surface area (Å²) in [6.07, 6.45) is 2.19. The molecule has 1 aliphatic heterocycles. The third kappa shape index (κ3) is 4.11. The predicted octanol–water partition coefficient (Wildman–Crippen LogP) is 2.23. The van der Waals surface area contributed by atoms with Gasteiger partial charge in [0.1, 0.15) is 0 Å². The zero-order chi connectivity index (χ0) is 18.5. The van der Waals surface area contributed by atoms with E-state index in [1.54, 1.807) is 46.2 Å². The first-order valence-corrected chi connectivity index (χ1v) is 8.54. The summed E-state index contributed by atoms with van der Waals surface area (Å²) in [5, 5.41) is 2.68. The van der Waals surface area contributed by atoms with E-state index in [4.69, 9.17) is 4.42 Å². The van der Waals surface area contributed by atoms with Crippen molar-refractivity contribution in [2.45, 2.75) is 13.3 Å². The van der Waals surface area contributed by atoms with Crippen LogP contribution in [0.3, 0.4) is 0 Å². The number of furan rings is 1. The fraction of sp³-hybridized carbons (Fsp3) is 0.316. The molecule has 7 heteroatoms. The Morgan fingerprint density at radius 1 is 0.923 bits per heavy atom. The quantitative estimate of drug-likeness (QED) is 0.915. The van der Waals surface area contributed by atoms with Gasteiger partial charge in [0.15, 0.2) is 5.76 Å². The van der Waals surface area contributed by atoms with Crippen molar-refractivity contribution in [3.8, 4) is 0 Å². The highest BCUT2D eigenvalue weighted by Crippen LogP contribution is 2.15. The standard InChI is InChI=1S/C19H21N3O4/c1-14(23)20-16-7-5-15(6-8-16)18(24)21-9-3-10-22(12-11-21)19(25)17-4-2-13-26-17/h2,4-8,13H,3,9-12H2,1H3,(H,20,23). The summed E-state index contributed by atoms with van der Waals surface area (Å²) in [5.41, 5.74) is 1.21. The number of hydrogen-bond donors (Lipinski definition) is 1. The lowest BCUT2D eigenvalue weighted by Crippen LogP contribution is -2.37. The number of benzene rings is 1. The van der Waals surface area contributed by atoms with Crippen molar-refractivity contribution in [2.75, 3.05) is 31.5 Å². The van der Waals surface area contributed by atoms with Crippen molar-refractivity contribution in [1.82, 2.24) is 9.80 Å². The largest absolute Gasteiger partial charge is 0.459 e. The molecule has 7 nitrogen and oxygen atoms in total. The zero-order valence-corrected chi connectivity index (χ0v) is 14.6. The Balaban J connectivity index is 1.62. The highest BCUT2D eigenvalue weighted by Gasteiger charge is 2.24. The first-order chi connectivity index (χ1) is 12.5. The van der Waals surface area contributed by atoms with Crippen molar-refractivity contribution in [3.63, 3.8) is 0 Å². The monoisotopic (exact) mass is 355 g/mol. The summed E-state index contributed by atoms with van der Waals surface area (Å²) in [6, 6.07) is 10.1. The molecule has 0 saturated carbocycles. The van der Waals surface area contributed by atoms with E-state index in [0.717, 1.165) is 0 Å². The van der Waals surface area contributed by atoms with Crippen LogP contribution in [0.5, 0.6) is 0 Å². The van der Waals surface area contributed by atoms with E-state index in [1.165, 1.54) is 13.2 Å². The van der Waals surface area contributed by atoms with Gasteiger partial charge >= 0.3 is 0 Å². The second kappa shape index (κ2) is 7.86. The lowest BCUT2D eigenvalue weighted by molar-refractivity contribution is -0.114. The second-order valence-corrected chi connectivity index (χ2v) is 6.17. The van der Waals surface area contributed by atoms with E-state index in [0.29, 0.717) is 49.6 Å². The molecule has 1 fully saturated rings. The van der Waals surface area contributed by atoms with Crippen LogP contribution in [0.25, 0.3) is 0 Å². The maximum Gasteiger partial charge on any atom is 0.289 e. The van der Waals surface area contributed by atoms with Crippen LogP contribution in [-0.4, -0.2) is 53.7 Å². The maximum atomic E-state index is 12.7. The molecule has 3 rings (SSSR count). The van der Waals surface area contributed by atoms with Gasteiger partial charge in [0.2, 0.25) is 5.91 Å². The van der Waals surface area contributed by atoms with E-state index in [-0.39, 0.29) is 17.7 Å². The highest BCUT2D eigenvalue weighted by atomic mass is 16.3. The summed E-state index contributed by atoms with van der Waals surface area (Å²) in [7, 11) is 0. The van der Waals surface area contributed by atoms with E-state index in [9.17, 15) is 14.4 Å². The number of nitrogens with one attached hydrogen (secondary N) is 1. The van der Waals surface area contributed by atoms with Crippen LogP contribution >= 0.6 is 0 Å². The molecular formula is C19H21N3O4. The molecular weight excluding hydrogens is 334 g/mol. The van der Waals surface area contributed by atoms with Crippen molar-refractivity contribution < 1.29 is 18.8 Å². The number of amides is 3. The van der Waals surface area contributed by atoms with Crippen LogP contribution in [0.1, 0.15) is 34.3 Å². The highest BCUT2D eigenvalue weighted by molar-refractivity contribution is 5.96. The first kappa shape index (κ1) is 17.7. The Bertz CT molecular complexity index is 784. The molecule has 1 aliphatic rings. The first-order valence-electron chi connectivity index (χ1n) is 8.54. The van der Waals surface area contributed by atoms with E-state index in [2.05, 4.69) is 5.32 Å². The number of anilines is 1. The molecule has 0 spiro atoms. The molecule has 26 heavy (non-hydrogen) atoms. The molecule has 2 heterocycles. The number of hydrogen-bond acceptors (Lipinski definition) is 4. The number of carbonyl (C=O) groups excluding carboxylic acids is 3. The molecule has 136 valence electrons. The van der Waals surface area contributed by atoms with Gasteiger partial charge in [-0.25, -0.2) is 0 Å². The molecule has 3 amide bonds. The van der Waals surface area contributed by atoms with Crippen molar-refractivity contribution in [2.24, 2.45) is 0 Å². The van der Waals surface area contributed by atoms with Gasteiger partial charge in [0, 0.05) is 44.4 Å². The van der Waals surface area contributed by atoms with Gasteiger partial charge < -0.3 is 19.5 Å². The smallest absolute Gasteiger partial charge is 0.289 e. The van der Waals surface area contributed by atoms with Gasteiger partial charge in [-0.2, -0.15) is 0 Å². The summed E-state index contributed by atoms with van der Waals surface area (Å²) in [4.78, 5) is 39.6. The van der Waals surface area contributed by atoms with Crippen LogP contribution in [0.4, 0.5) is 5.69 Å². The Morgan fingerprint density at radius 2 is 1.58 bits per heavy atom. The number of rotatable bonds is 3. The lowest BCUT2D eigenvalue weighted by atomic mass is 10.1. The predicted molar refractivity (Wildman–Crippen MR) is 95.9 cm³/mol. The van der Waals surface area contributed by atoms with Crippen LogP contribution in [0.15, 0.2) is 47.1 Å². The van der Waals surface area contributed by atoms with Gasteiger partial charge in [0.25, 0.3) is 11.8 Å². The van der Waals surface area contributed by atoms with Crippen LogP contribution in [-0.2, 0) is 4.79 Å². The molecule has 0 atom stereocenters. The Morgan fingerprint density at radius 3 is 2.15 bits per heavy atom. The van der Waals surface area contributed by atoms with Crippen LogP contribution < -0.4 is 5.32 Å². The zero-order valence-electron chi connectivity index (χ0n) is 14.6. The summed E-state index contributed by atoms with van der Waals surface area (Å²) < 4.78 is 5.17. The van der Waals surface area contributed by atoms with Crippen LogP contribution in [0.2, 0.25) is 0 Å². The minimum atomic E-state index is -0.155. The Labute approximate surface area is 151 Å². The summed E-state index contributed by atoms with van der Waals surface area (Å²) in [5.74, 6) is -0.0631. The number of nitrogens with zero attached hydrogens (tertiary/aromatic N) is 2. The fourth-order valence-corrected chi connectivity index (χ4v) is 2.96. The van der Waals surface area contributed by atoms with Gasteiger partial charge in [-0.05, 0) is 42.8 Å². The lowest BCUT2D eigenvalue weighted by Gasteiger charge is -2.21. The average molecular weight is 355 g/mol. The van der Waals surface area contributed by atoms with E-state index >= 15 is 0 Å². The minimum absolute atomic E-state index is 0.0772. The number of carbonyl (C=O) groups is 3. The topological polar surface area (TPSA) is 82.9 Å². The molecule has 0 aliphatic carbocycles. The second-order valence-electron chi connectivity index (χ2n) is 6.17. The third-order valence-corrected chi connectivity index (χ3v) is 4.25. The molecule has 1 aromatic heterocycles. The van der Waals surface area contributed by atoms with Gasteiger partial charge in [-0.15, -0.1) is 0 Å². The summed E-state index contributed by atoms with van der Waals surface area (Å²) in [6.45, 7) is 3.55. The van der Waals surface area contributed by atoms with Gasteiger partial charge in [-0.3, -0.25) is 14.4 Å². The SMILES string of the molecule is CC(=O)Nc1ccc(C(=O)N2CCCN(C(=O)c3ccco3)CC2)cc1. The Hall–Kier alpha value is -3.09. The fourth-order valence-electron chi connectivity index (χ4n) is 2.96. The van der Waals surface area contributed by atoms with Gasteiger partial charge in [-0.1, -0.05) is 0 Å². The van der Waals surface area contributed by atoms with Crippen molar-refractivity contribution in [1.29, 1.82) is 0 Å². The van der Waals surface area contributed by atoms with Crippen molar-refractivity contribution >= 4 is 23.4 Å². The molecule has 2 aromatic rings. The minimum Gasteiger partial charge on any atom is -0.459 e. The molecule has 0 radical (unpaired) electrons. The summed E-state index contributed by atoms with van der Waals surface area (Å²) >= 11 is 0. The molecule has 1 saturated heterocycles. The molecule has 1 N–H and O–H groups in total. The average Bonchev–Trinajstić information content (AvgIpc) is 3.05. The van der Waals surface area contributed by atoms with Crippen LogP contribution in [0, 0.1) is 0 Å².